The standard InChI is InChI=1S/C18H26OSi/c1-8-17(4)12-14-11-16(2,3)13-15(19)18(14,17)9-10-20(5,6)7/h1,14H,11-13H2,2-7H3. The third-order valence-corrected chi connectivity index (χ3v) is 5.84. The summed E-state index contributed by atoms with van der Waals surface area (Å²) in [5, 5.41) is 0. The molecule has 2 aliphatic rings. The Morgan fingerprint density at radius 3 is 2.25 bits per heavy atom. The zero-order chi connectivity index (χ0) is 15.4. The summed E-state index contributed by atoms with van der Waals surface area (Å²) in [5.74, 6) is 6.97. The number of rotatable bonds is 0. The van der Waals surface area contributed by atoms with E-state index in [1.54, 1.807) is 0 Å². The zero-order valence-electron chi connectivity index (χ0n) is 13.7. The zero-order valence-corrected chi connectivity index (χ0v) is 14.7. The molecule has 2 fully saturated rings. The summed E-state index contributed by atoms with van der Waals surface area (Å²) >= 11 is 0. The minimum atomic E-state index is -1.51. The number of carbonyl (C=O) groups excluding carboxylic acids is 1. The van der Waals surface area contributed by atoms with E-state index in [-0.39, 0.29) is 16.6 Å². The van der Waals surface area contributed by atoms with Gasteiger partial charge in [-0.05, 0) is 31.1 Å². The molecule has 0 aliphatic heterocycles. The van der Waals surface area contributed by atoms with Gasteiger partial charge in [-0.25, -0.2) is 0 Å². The van der Waals surface area contributed by atoms with Gasteiger partial charge in [0.15, 0.2) is 5.78 Å². The highest BCUT2D eigenvalue weighted by Gasteiger charge is 2.68. The molecule has 0 heterocycles. The van der Waals surface area contributed by atoms with Crippen LogP contribution in [0, 0.1) is 46.0 Å². The van der Waals surface area contributed by atoms with Crippen LogP contribution in [0.2, 0.25) is 19.6 Å². The molecule has 0 spiro atoms. The van der Waals surface area contributed by atoms with Crippen LogP contribution in [0.25, 0.3) is 0 Å². The molecule has 108 valence electrons. The van der Waals surface area contributed by atoms with Crippen molar-refractivity contribution in [1.29, 1.82) is 0 Å². The molecule has 0 aromatic heterocycles. The SMILES string of the molecule is C#CC1(C)CC2CC(C)(C)CC(=O)C21C#C[Si](C)(C)C. The van der Waals surface area contributed by atoms with Crippen molar-refractivity contribution in [2.75, 3.05) is 0 Å². The van der Waals surface area contributed by atoms with Crippen LogP contribution >= 0.6 is 0 Å². The van der Waals surface area contributed by atoms with Crippen LogP contribution < -0.4 is 0 Å². The molecule has 2 heteroatoms. The van der Waals surface area contributed by atoms with E-state index in [0.29, 0.717) is 12.3 Å². The van der Waals surface area contributed by atoms with Crippen LogP contribution in [0.1, 0.15) is 40.0 Å². The van der Waals surface area contributed by atoms with Crippen LogP contribution in [0.3, 0.4) is 0 Å². The maximum atomic E-state index is 12.9. The minimum Gasteiger partial charge on any atom is -0.298 e. The van der Waals surface area contributed by atoms with Crippen molar-refractivity contribution in [3.63, 3.8) is 0 Å². The Hall–Kier alpha value is -0.993. The normalized spacial score (nSPS) is 38.9. The summed E-state index contributed by atoms with van der Waals surface area (Å²) in [5.41, 5.74) is 2.61. The van der Waals surface area contributed by atoms with E-state index in [4.69, 9.17) is 6.42 Å². The Balaban J connectivity index is 2.50. The second kappa shape index (κ2) is 4.25. The molecule has 1 nitrogen and oxygen atoms in total. The Bertz CT molecular complexity index is 549. The molecule has 20 heavy (non-hydrogen) atoms. The number of fused-ring (bicyclic) bond motifs is 1. The molecule has 0 radical (unpaired) electrons. The van der Waals surface area contributed by atoms with Crippen LogP contribution in [0.4, 0.5) is 0 Å². The van der Waals surface area contributed by atoms with Gasteiger partial charge in [0, 0.05) is 6.42 Å². The largest absolute Gasteiger partial charge is 0.298 e. The summed E-state index contributed by atoms with van der Waals surface area (Å²) in [6.07, 6.45) is 8.39. The van der Waals surface area contributed by atoms with Crippen LogP contribution in [0.15, 0.2) is 0 Å². The Kier molecular flexibility index (Phi) is 3.27. The molecule has 2 saturated carbocycles. The van der Waals surface area contributed by atoms with Crippen molar-refractivity contribution in [2.24, 2.45) is 22.2 Å². The number of hydrogen-bond donors (Lipinski definition) is 0. The third-order valence-electron chi connectivity index (χ3n) is 4.97. The molecular formula is C18H26OSi. The molecule has 0 aromatic rings. The monoisotopic (exact) mass is 286 g/mol. The fourth-order valence-electron chi connectivity index (χ4n) is 3.97. The summed E-state index contributed by atoms with van der Waals surface area (Å²) in [6.45, 7) is 13.1. The van der Waals surface area contributed by atoms with E-state index in [0.717, 1.165) is 12.8 Å². The molecule has 2 aliphatic carbocycles. The second-order valence-electron chi connectivity index (χ2n) is 8.65. The highest BCUT2D eigenvalue weighted by Crippen LogP contribution is 2.67. The average Bonchev–Trinajstić information content (AvgIpc) is 2.24. The molecule has 0 aromatic carbocycles. The first kappa shape index (κ1) is 15.4. The van der Waals surface area contributed by atoms with E-state index < -0.39 is 13.5 Å². The Labute approximate surface area is 124 Å². The summed E-state index contributed by atoms with van der Waals surface area (Å²) in [7, 11) is -1.51. The van der Waals surface area contributed by atoms with Gasteiger partial charge in [-0.15, -0.1) is 12.0 Å². The number of hydrogen-bond acceptors (Lipinski definition) is 1. The maximum Gasteiger partial charge on any atom is 0.153 e. The second-order valence-corrected chi connectivity index (χ2v) is 13.4. The van der Waals surface area contributed by atoms with Gasteiger partial charge in [-0.3, -0.25) is 4.79 Å². The predicted molar refractivity (Wildman–Crippen MR) is 86.6 cm³/mol. The number of ketones is 1. The molecule has 0 saturated heterocycles. The molecule has 2 rings (SSSR count). The van der Waals surface area contributed by atoms with Gasteiger partial charge in [-0.2, -0.15) is 0 Å². The van der Waals surface area contributed by atoms with E-state index in [1.165, 1.54) is 0 Å². The fraction of sp³-hybridized carbons (Fsp3) is 0.722. The van der Waals surface area contributed by atoms with Crippen LogP contribution in [-0.2, 0) is 4.79 Å². The third kappa shape index (κ3) is 2.15. The van der Waals surface area contributed by atoms with Gasteiger partial charge in [0.05, 0.1) is 5.41 Å². The first-order valence-corrected chi connectivity index (χ1v) is 11.0. The Morgan fingerprint density at radius 2 is 1.80 bits per heavy atom. The van der Waals surface area contributed by atoms with Crippen molar-refractivity contribution in [2.45, 2.75) is 59.7 Å². The van der Waals surface area contributed by atoms with Crippen molar-refractivity contribution in [3.8, 4) is 23.8 Å². The van der Waals surface area contributed by atoms with E-state index in [9.17, 15) is 4.79 Å². The smallest absolute Gasteiger partial charge is 0.153 e. The molecule has 0 amide bonds. The van der Waals surface area contributed by atoms with Gasteiger partial charge in [0.2, 0.25) is 0 Å². The van der Waals surface area contributed by atoms with Gasteiger partial charge >= 0.3 is 0 Å². The van der Waals surface area contributed by atoms with E-state index in [2.05, 4.69) is 57.8 Å². The first-order valence-electron chi connectivity index (χ1n) is 7.51. The van der Waals surface area contributed by atoms with Gasteiger partial charge in [-0.1, -0.05) is 45.3 Å². The summed E-state index contributed by atoms with van der Waals surface area (Å²) in [4.78, 5) is 12.9. The Morgan fingerprint density at radius 1 is 1.20 bits per heavy atom. The number of carbonyl (C=O) groups is 1. The lowest BCUT2D eigenvalue weighted by Crippen LogP contribution is -2.64. The van der Waals surface area contributed by atoms with Crippen molar-refractivity contribution >= 4 is 13.9 Å². The van der Waals surface area contributed by atoms with E-state index >= 15 is 0 Å². The predicted octanol–water partition coefficient (Wildman–Crippen LogP) is 3.90. The fourth-order valence-corrected chi connectivity index (χ4v) is 4.54. The molecule has 3 atom stereocenters. The van der Waals surface area contributed by atoms with Crippen molar-refractivity contribution < 1.29 is 4.79 Å². The maximum absolute atomic E-state index is 12.9. The average molecular weight is 286 g/mol. The topological polar surface area (TPSA) is 17.1 Å². The highest BCUT2D eigenvalue weighted by atomic mass is 28.3. The molecule has 0 N–H and O–H groups in total. The minimum absolute atomic E-state index is 0.0992. The highest BCUT2D eigenvalue weighted by molar-refractivity contribution is 6.83. The number of Topliss-reactive ketones (excluding diaryl/α,β-unsaturated/α-hetero) is 1. The van der Waals surface area contributed by atoms with Gasteiger partial charge < -0.3 is 0 Å². The lowest BCUT2D eigenvalue weighted by molar-refractivity contribution is -0.160. The number of terminal acetylenes is 1. The van der Waals surface area contributed by atoms with Crippen LogP contribution in [0.5, 0.6) is 0 Å². The molecular weight excluding hydrogens is 260 g/mol. The van der Waals surface area contributed by atoms with Crippen LogP contribution in [-0.4, -0.2) is 13.9 Å². The van der Waals surface area contributed by atoms with Crippen molar-refractivity contribution in [1.82, 2.24) is 0 Å². The van der Waals surface area contributed by atoms with Gasteiger partial charge in [0.1, 0.15) is 13.5 Å². The van der Waals surface area contributed by atoms with Crippen molar-refractivity contribution in [3.05, 3.63) is 0 Å². The first-order chi connectivity index (χ1) is 8.96. The summed E-state index contributed by atoms with van der Waals surface area (Å²) < 4.78 is 0. The molecule has 0 bridgehead atoms. The lowest BCUT2D eigenvalue weighted by atomic mass is 9.38. The lowest BCUT2D eigenvalue weighted by Gasteiger charge is -2.62. The quantitative estimate of drug-likeness (QED) is 0.487. The van der Waals surface area contributed by atoms with Gasteiger partial charge in [0.25, 0.3) is 0 Å². The summed E-state index contributed by atoms with van der Waals surface area (Å²) in [6, 6.07) is 0. The van der Waals surface area contributed by atoms with E-state index in [1.807, 2.05) is 0 Å². The molecule has 3 unspecified atom stereocenters.